The maximum absolute atomic E-state index is 12.3. The molecule has 0 radical (unpaired) electrons. The second kappa shape index (κ2) is 7.88. The molecule has 8 heteroatoms. The summed E-state index contributed by atoms with van der Waals surface area (Å²) >= 11 is 2.99. The Bertz CT molecular complexity index is 1150. The molecule has 29 heavy (non-hydrogen) atoms. The minimum Gasteiger partial charge on any atom is -0.339 e. The van der Waals surface area contributed by atoms with Crippen LogP contribution in [-0.2, 0) is 24.1 Å². The molecule has 1 aliphatic carbocycles. The highest BCUT2D eigenvalue weighted by atomic mass is 32.1. The molecule has 3 aromatic heterocycles. The van der Waals surface area contributed by atoms with Crippen LogP contribution in [0.25, 0.3) is 22.0 Å². The number of nitrogens with one attached hydrogen (secondary N) is 1. The van der Waals surface area contributed by atoms with Gasteiger partial charge in [0.15, 0.2) is 5.13 Å². The van der Waals surface area contributed by atoms with E-state index in [9.17, 15) is 4.79 Å². The standard InChI is InChI=1S/C21H18N4O2S2/c26-18(8-9-19-24-20(25-27-19)17-5-2-10-28-17)23-21-22-16(12-29-21)15-7-6-13-3-1-4-14(13)11-15/h2,5-7,10-12H,1,3-4,8-9H2,(H,22,23,26). The van der Waals surface area contributed by atoms with Crippen LogP contribution in [0.2, 0.25) is 0 Å². The number of fused-ring (bicyclic) bond motifs is 1. The van der Waals surface area contributed by atoms with Crippen molar-refractivity contribution in [1.29, 1.82) is 0 Å². The molecule has 3 heterocycles. The Morgan fingerprint density at radius 1 is 1.14 bits per heavy atom. The minimum atomic E-state index is -0.115. The van der Waals surface area contributed by atoms with Crippen molar-refractivity contribution >= 4 is 33.7 Å². The quantitative estimate of drug-likeness (QED) is 0.474. The molecule has 0 spiro atoms. The van der Waals surface area contributed by atoms with Crippen molar-refractivity contribution in [3.8, 4) is 22.0 Å². The van der Waals surface area contributed by atoms with Gasteiger partial charge >= 0.3 is 0 Å². The van der Waals surface area contributed by atoms with Gasteiger partial charge in [0.2, 0.25) is 17.6 Å². The fourth-order valence-electron chi connectivity index (χ4n) is 3.46. The third-order valence-corrected chi connectivity index (χ3v) is 6.54. The summed E-state index contributed by atoms with van der Waals surface area (Å²) in [5.41, 5.74) is 4.87. The van der Waals surface area contributed by atoms with Gasteiger partial charge in [0.1, 0.15) is 0 Å². The summed E-state index contributed by atoms with van der Waals surface area (Å²) in [4.78, 5) is 22.2. The van der Waals surface area contributed by atoms with Crippen molar-refractivity contribution in [3.63, 3.8) is 0 Å². The molecule has 0 saturated carbocycles. The number of nitrogens with zero attached hydrogens (tertiary/aromatic N) is 3. The zero-order valence-electron chi connectivity index (χ0n) is 15.6. The molecule has 0 fully saturated rings. The first-order valence-electron chi connectivity index (χ1n) is 9.48. The van der Waals surface area contributed by atoms with E-state index in [1.165, 1.54) is 35.3 Å². The van der Waals surface area contributed by atoms with Gasteiger partial charge in [-0.2, -0.15) is 4.98 Å². The molecule has 0 bridgehead atoms. The summed E-state index contributed by atoms with van der Waals surface area (Å²) in [7, 11) is 0. The largest absolute Gasteiger partial charge is 0.339 e. The number of anilines is 1. The van der Waals surface area contributed by atoms with Gasteiger partial charge in [-0.25, -0.2) is 4.98 Å². The smallest absolute Gasteiger partial charge is 0.227 e. The Morgan fingerprint density at radius 2 is 2.07 bits per heavy atom. The van der Waals surface area contributed by atoms with E-state index in [-0.39, 0.29) is 12.3 Å². The average Bonchev–Trinajstić information content (AvgIpc) is 3.53. The number of aryl methyl sites for hydroxylation is 3. The van der Waals surface area contributed by atoms with Crippen LogP contribution in [0, 0.1) is 0 Å². The molecule has 4 aromatic rings. The van der Waals surface area contributed by atoms with E-state index in [4.69, 9.17) is 4.52 Å². The average molecular weight is 423 g/mol. The van der Waals surface area contributed by atoms with Gasteiger partial charge < -0.3 is 9.84 Å². The molecule has 6 nitrogen and oxygen atoms in total. The van der Waals surface area contributed by atoms with Gasteiger partial charge in [0, 0.05) is 23.8 Å². The van der Waals surface area contributed by atoms with Crippen molar-refractivity contribution in [2.75, 3.05) is 5.32 Å². The Labute approximate surface area is 175 Å². The van der Waals surface area contributed by atoms with Gasteiger partial charge in [0.25, 0.3) is 0 Å². The number of benzene rings is 1. The molecular weight excluding hydrogens is 404 g/mol. The van der Waals surface area contributed by atoms with Crippen LogP contribution in [0.3, 0.4) is 0 Å². The lowest BCUT2D eigenvalue weighted by Gasteiger charge is -2.02. The highest BCUT2D eigenvalue weighted by molar-refractivity contribution is 7.14. The van der Waals surface area contributed by atoms with Crippen molar-refractivity contribution in [1.82, 2.24) is 15.1 Å². The fraction of sp³-hybridized carbons (Fsp3) is 0.238. The third-order valence-electron chi connectivity index (χ3n) is 4.92. The predicted molar refractivity (Wildman–Crippen MR) is 114 cm³/mol. The summed E-state index contributed by atoms with van der Waals surface area (Å²) < 4.78 is 5.24. The van der Waals surface area contributed by atoms with Crippen LogP contribution in [-0.4, -0.2) is 21.0 Å². The second-order valence-corrected chi connectivity index (χ2v) is 8.72. The molecule has 1 N–H and O–H groups in total. The zero-order chi connectivity index (χ0) is 19.6. The molecular formula is C21H18N4O2S2. The van der Waals surface area contributed by atoms with E-state index < -0.39 is 0 Å². The maximum Gasteiger partial charge on any atom is 0.227 e. The lowest BCUT2D eigenvalue weighted by atomic mass is 10.1. The van der Waals surface area contributed by atoms with Gasteiger partial charge in [-0.1, -0.05) is 23.4 Å². The number of rotatable bonds is 6. The molecule has 1 aliphatic rings. The van der Waals surface area contributed by atoms with E-state index in [0.29, 0.717) is 23.3 Å². The van der Waals surface area contributed by atoms with Crippen LogP contribution >= 0.6 is 22.7 Å². The lowest BCUT2D eigenvalue weighted by Crippen LogP contribution is -2.12. The van der Waals surface area contributed by atoms with Crippen molar-refractivity contribution in [2.24, 2.45) is 0 Å². The van der Waals surface area contributed by atoms with E-state index in [1.54, 1.807) is 11.3 Å². The third kappa shape index (κ3) is 3.99. The molecule has 146 valence electrons. The highest BCUT2D eigenvalue weighted by Crippen LogP contribution is 2.30. The van der Waals surface area contributed by atoms with E-state index >= 15 is 0 Å². The van der Waals surface area contributed by atoms with Gasteiger partial charge in [0.05, 0.1) is 10.6 Å². The fourth-order valence-corrected chi connectivity index (χ4v) is 4.84. The number of hydrogen-bond donors (Lipinski definition) is 1. The topological polar surface area (TPSA) is 80.9 Å². The van der Waals surface area contributed by atoms with Gasteiger partial charge in [-0.3, -0.25) is 4.79 Å². The van der Waals surface area contributed by atoms with Crippen LogP contribution in [0.4, 0.5) is 5.13 Å². The Balaban J connectivity index is 1.19. The number of aromatic nitrogens is 3. The summed E-state index contributed by atoms with van der Waals surface area (Å²) in [6, 6.07) is 10.4. The van der Waals surface area contributed by atoms with Crippen LogP contribution in [0.15, 0.2) is 45.6 Å². The van der Waals surface area contributed by atoms with Crippen molar-refractivity contribution in [3.05, 3.63) is 58.1 Å². The van der Waals surface area contributed by atoms with E-state index in [0.717, 1.165) is 22.6 Å². The monoisotopic (exact) mass is 422 g/mol. The molecule has 1 amide bonds. The summed E-state index contributed by atoms with van der Waals surface area (Å²) in [6.07, 6.45) is 4.20. The molecule has 0 atom stereocenters. The summed E-state index contributed by atoms with van der Waals surface area (Å²) in [5, 5.41) is 11.4. The number of carbonyl (C=O) groups is 1. The lowest BCUT2D eigenvalue weighted by molar-refractivity contribution is -0.116. The molecule has 0 saturated heterocycles. The van der Waals surface area contributed by atoms with Crippen LogP contribution in [0.1, 0.15) is 29.9 Å². The summed E-state index contributed by atoms with van der Waals surface area (Å²) in [5.74, 6) is 0.909. The normalized spacial score (nSPS) is 12.8. The Morgan fingerprint density at radius 3 is 2.97 bits per heavy atom. The molecule has 0 aliphatic heterocycles. The molecule has 0 unspecified atom stereocenters. The number of thiophene rings is 1. The van der Waals surface area contributed by atoms with Crippen LogP contribution < -0.4 is 5.32 Å². The number of carbonyl (C=O) groups excluding carboxylic acids is 1. The van der Waals surface area contributed by atoms with E-state index in [1.807, 2.05) is 22.9 Å². The first kappa shape index (κ1) is 18.2. The summed E-state index contributed by atoms with van der Waals surface area (Å²) in [6.45, 7) is 0. The van der Waals surface area contributed by atoms with Crippen molar-refractivity contribution < 1.29 is 9.32 Å². The number of hydrogen-bond acceptors (Lipinski definition) is 7. The minimum absolute atomic E-state index is 0.115. The highest BCUT2D eigenvalue weighted by Gasteiger charge is 2.15. The SMILES string of the molecule is O=C(CCc1nc(-c2cccs2)no1)Nc1nc(-c2ccc3c(c2)CCC3)cs1. The zero-order valence-corrected chi connectivity index (χ0v) is 17.2. The molecule has 5 rings (SSSR count). The predicted octanol–water partition coefficient (Wildman–Crippen LogP) is 4.98. The Kier molecular flexibility index (Phi) is 4.95. The second-order valence-electron chi connectivity index (χ2n) is 6.91. The first-order chi connectivity index (χ1) is 14.2. The number of thiazole rings is 1. The van der Waals surface area contributed by atoms with Crippen LogP contribution in [0.5, 0.6) is 0 Å². The number of amides is 1. The van der Waals surface area contributed by atoms with Gasteiger partial charge in [-0.05, 0) is 47.9 Å². The molecule has 1 aromatic carbocycles. The first-order valence-corrected chi connectivity index (χ1v) is 11.2. The van der Waals surface area contributed by atoms with E-state index in [2.05, 4.69) is 38.6 Å². The Hall–Kier alpha value is -2.84. The maximum atomic E-state index is 12.3. The van der Waals surface area contributed by atoms with Gasteiger partial charge in [-0.15, -0.1) is 22.7 Å². The van der Waals surface area contributed by atoms with Crippen molar-refractivity contribution in [2.45, 2.75) is 32.1 Å².